The minimum atomic E-state index is -0.0131. The molecule has 0 aliphatic carbocycles. The summed E-state index contributed by atoms with van der Waals surface area (Å²) < 4.78 is 0. The van der Waals surface area contributed by atoms with Gasteiger partial charge in [0.05, 0.1) is 12.4 Å². The summed E-state index contributed by atoms with van der Waals surface area (Å²) in [5.41, 5.74) is 1.71. The Morgan fingerprint density at radius 1 is 1.09 bits per heavy atom. The van der Waals surface area contributed by atoms with E-state index in [9.17, 15) is 4.79 Å². The van der Waals surface area contributed by atoms with Crippen molar-refractivity contribution in [2.75, 3.05) is 25.0 Å². The van der Waals surface area contributed by atoms with Gasteiger partial charge in [-0.05, 0) is 24.8 Å². The lowest BCUT2D eigenvalue weighted by atomic mass is 10.1. The number of anilines is 1. The maximum Gasteiger partial charge on any atom is 0.274 e. The molecule has 5 heteroatoms. The number of likely N-dealkylation sites (tertiary alicyclic amines) is 1. The maximum absolute atomic E-state index is 12.2. The van der Waals surface area contributed by atoms with Crippen molar-refractivity contribution in [1.29, 1.82) is 0 Å². The van der Waals surface area contributed by atoms with Crippen LogP contribution in [0.4, 0.5) is 5.82 Å². The highest BCUT2D eigenvalue weighted by Gasteiger charge is 2.20. The van der Waals surface area contributed by atoms with E-state index in [4.69, 9.17) is 0 Å². The van der Waals surface area contributed by atoms with Crippen molar-refractivity contribution in [2.45, 2.75) is 19.3 Å². The molecule has 1 N–H and O–H groups in total. The average Bonchev–Trinajstić information content (AvgIpc) is 3.10. The van der Waals surface area contributed by atoms with Gasteiger partial charge in [0.25, 0.3) is 5.91 Å². The van der Waals surface area contributed by atoms with Crippen LogP contribution in [0.15, 0.2) is 42.7 Å². The second-order valence-electron chi connectivity index (χ2n) is 5.45. The first-order chi connectivity index (χ1) is 10.8. The number of carbonyl (C=O) groups excluding carboxylic acids is 1. The molecule has 2 heterocycles. The molecule has 0 unspecified atom stereocenters. The molecule has 1 amide bonds. The predicted octanol–water partition coefficient (Wildman–Crippen LogP) is 2.37. The van der Waals surface area contributed by atoms with Gasteiger partial charge in [-0.25, -0.2) is 9.97 Å². The van der Waals surface area contributed by atoms with E-state index in [1.807, 2.05) is 23.1 Å². The van der Waals surface area contributed by atoms with Crippen LogP contribution in [0.5, 0.6) is 0 Å². The molecule has 1 saturated heterocycles. The average molecular weight is 296 g/mol. The van der Waals surface area contributed by atoms with Crippen molar-refractivity contribution < 1.29 is 4.79 Å². The van der Waals surface area contributed by atoms with Gasteiger partial charge in [-0.2, -0.15) is 0 Å². The van der Waals surface area contributed by atoms with Gasteiger partial charge in [0.2, 0.25) is 0 Å². The van der Waals surface area contributed by atoms with Crippen LogP contribution >= 0.6 is 0 Å². The summed E-state index contributed by atoms with van der Waals surface area (Å²) in [4.78, 5) is 22.5. The Hall–Kier alpha value is -2.43. The van der Waals surface area contributed by atoms with Gasteiger partial charge in [0.1, 0.15) is 11.5 Å². The Kier molecular flexibility index (Phi) is 4.63. The largest absolute Gasteiger partial charge is 0.368 e. The fourth-order valence-corrected chi connectivity index (χ4v) is 2.59. The standard InChI is InChI=1S/C17H20N4O/c22-17(21-10-4-5-11-21)15-12-20-16(13-19-15)18-9-8-14-6-2-1-3-7-14/h1-3,6-7,12-13H,4-5,8-11H2,(H,18,20). The zero-order valence-electron chi connectivity index (χ0n) is 12.5. The fourth-order valence-electron chi connectivity index (χ4n) is 2.59. The van der Waals surface area contributed by atoms with Crippen LogP contribution in [0.1, 0.15) is 28.9 Å². The van der Waals surface area contributed by atoms with Gasteiger partial charge in [-0.15, -0.1) is 0 Å². The van der Waals surface area contributed by atoms with E-state index < -0.39 is 0 Å². The van der Waals surface area contributed by atoms with Crippen molar-refractivity contribution in [3.05, 3.63) is 54.0 Å². The molecule has 1 aromatic carbocycles. The van der Waals surface area contributed by atoms with Gasteiger partial charge in [0, 0.05) is 19.6 Å². The molecular weight excluding hydrogens is 276 g/mol. The summed E-state index contributed by atoms with van der Waals surface area (Å²) in [5, 5.41) is 3.23. The molecule has 114 valence electrons. The Labute approximate surface area is 130 Å². The maximum atomic E-state index is 12.2. The lowest BCUT2D eigenvalue weighted by Crippen LogP contribution is -2.28. The minimum absolute atomic E-state index is 0.0131. The van der Waals surface area contributed by atoms with E-state index in [0.717, 1.165) is 38.9 Å². The van der Waals surface area contributed by atoms with Gasteiger partial charge in [-0.1, -0.05) is 30.3 Å². The second-order valence-corrected chi connectivity index (χ2v) is 5.45. The number of hydrogen-bond acceptors (Lipinski definition) is 4. The third-order valence-corrected chi connectivity index (χ3v) is 3.83. The topological polar surface area (TPSA) is 58.1 Å². The molecular formula is C17H20N4O. The van der Waals surface area contributed by atoms with Crippen LogP contribution in [0.3, 0.4) is 0 Å². The molecule has 0 bridgehead atoms. The molecule has 1 aliphatic heterocycles. The zero-order chi connectivity index (χ0) is 15.2. The second kappa shape index (κ2) is 7.02. The molecule has 0 saturated carbocycles. The highest BCUT2D eigenvalue weighted by molar-refractivity contribution is 5.92. The molecule has 0 spiro atoms. The minimum Gasteiger partial charge on any atom is -0.368 e. The van der Waals surface area contributed by atoms with E-state index >= 15 is 0 Å². The molecule has 2 aromatic rings. The van der Waals surface area contributed by atoms with E-state index in [1.165, 1.54) is 5.56 Å². The summed E-state index contributed by atoms with van der Waals surface area (Å²) in [7, 11) is 0. The first-order valence-corrected chi connectivity index (χ1v) is 7.72. The van der Waals surface area contributed by atoms with Crippen molar-refractivity contribution >= 4 is 11.7 Å². The van der Waals surface area contributed by atoms with Crippen LogP contribution in [0.25, 0.3) is 0 Å². The van der Waals surface area contributed by atoms with Crippen molar-refractivity contribution in [3.8, 4) is 0 Å². The number of benzene rings is 1. The molecule has 5 nitrogen and oxygen atoms in total. The highest BCUT2D eigenvalue weighted by atomic mass is 16.2. The lowest BCUT2D eigenvalue weighted by Gasteiger charge is -2.14. The van der Waals surface area contributed by atoms with Crippen molar-refractivity contribution in [1.82, 2.24) is 14.9 Å². The Bertz CT molecular complexity index is 606. The molecule has 1 aromatic heterocycles. The number of carbonyl (C=O) groups is 1. The van der Waals surface area contributed by atoms with Crippen LogP contribution in [0.2, 0.25) is 0 Å². The molecule has 3 rings (SSSR count). The van der Waals surface area contributed by atoms with Gasteiger partial charge < -0.3 is 10.2 Å². The van der Waals surface area contributed by atoms with Crippen molar-refractivity contribution in [3.63, 3.8) is 0 Å². The SMILES string of the molecule is O=C(c1cnc(NCCc2ccccc2)cn1)N1CCCC1. The predicted molar refractivity (Wildman–Crippen MR) is 85.8 cm³/mol. The van der Waals surface area contributed by atoms with Crippen molar-refractivity contribution in [2.24, 2.45) is 0 Å². The summed E-state index contributed by atoms with van der Waals surface area (Å²) in [6.07, 6.45) is 6.29. The summed E-state index contributed by atoms with van der Waals surface area (Å²) in [6.45, 7) is 2.45. The number of hydrogen-bond donors (Lipinski definition) is 1. The molecule has 1 fully saturated rings. The number of nitrogens with one attached hydrogen (secondary N) is 1. The summed E-state index contributed by atoms with van der Waals surface area (Å²) in [5.74, 6) is 0.690. The number of aromatic nitrogens is 2. The summed E-state index contributed by atoms with van der Waals surface area (Å²) >= 11 is 0. The lowest BCUT2D eigenvalue weighted by molar-refractivity contribution is 0.0786. The van der Waals surface area contributed by atoms with Crippen LogP contribution < -0.4 is 5.32 Å². The Morgan fingerprint density at radius 3 is 2.55 bits per heavy atom. The van der Waals surface area contributed by atoms with E-state index in [-0.39, 0.29) is 5.91 Å². The Morgan fingerprint density at radius 2 is 1.86 bits per heavy atom. The molecule has 22 heavy (non-hydrogen) atoms. The van der Waals surface area contributed by atoms with Gasteiger partial charge in [0.15, 0.2) is 0 Å². The molecule has 1 aliphatic rings. The number of nitrogens with zero attached hydrogens (tertiary/aromatic N) is 3. The van der Waals surface area contributed by atoms with Crippen LogP contribution in [-0.4, -0.2) is 40.4 Å². The van der Waals surface area contributed by atoms with Gasteiger partial charge in [-0.3, -0.25) is 4.79 Å². The summed E-state index contributed by atoms with van der Waals surface area (Å²) in [6, 6.07) is 10.3. The normalized spacial score (nSPS) is 14.1. The first-order valence-electron chi connectivity index (χ1n) is 7.72. The van der Waals surface area contributed by atoms with E-state index in [1.54, 1.807) is 12.4 Å². The van der Waals surface area contributed by atoms with Crippen LogP contribution in [-0.2, 0) is 6.42 Å². The smallest absolute Gasteiger partial charge is 0.274 e. The van der Waals surface area contributed by atoms with Crippen LogP contribution in [0, 0.1) is 0 Å². The molecule has 0 radical (unpaired) electrons. The quantitative estimate of drug-likeness (QED) is 0.920. The fraction of sp³-hybridized carbons (Fsp3) is 0.353. The third-order valence-electron chi connectivity index (χ3n) is 3.83. The first kappa shape index (κ1) is 14.5. The number of rotatable bonds is 5. The highest BCUT2D eigenvalue weighted by Crippen LogP contribution is 2.11. The molecule has 0 atom stereocenters. The monoisotopic (exact) mass is 296 g/mol. The van der Waals surface area contributed by atoms with E-state index in [2.05, 4.69) is 27.4 Å². The number of amides is 1. The third kappa shape index (κ3) is 3.61. The Balaban J connectivity index is 1.52. The van der Waals surface area contributed by atoms with Gasteiger partial charge >= 0.3 is 0 Å². The van der Waals surface area contributed by atoms with E-state index in [0.29, 0.717) is 11.5 Å². The zero-order valence-corrected chi connectivity index (χ0v) is 12.5.